The van der Waals surface area contributed by atoms with Gasteiger partial charge in [-0.05, 0) is 0 Å². The third-order valence-corrected chi connectivity index (χ3v) is 24.7. The van der Waals surface area contributed by atoms with Crippen LogP contribution in [0.3, 0.4) is 0 Å². The van der Waals surface area contributed by atoms with Gasteiger partial charge in [-0.25, -0.2) is 0 Å². The maximum absolute atomic E-state index is 7.41. The van der Waals surface area contributed by atoms with Gasteiger partial charge in [0.1, 0.15) is 0 Å². The Morgan fingerprint density at radius 3 is 1.21 bits per heavy atom. The third-order valence-electron chi connectivity index (χ3n) is 6.68. The fourth-order valence-corrected chi connectivity index (χ4v) is 25.6. The first-order valence-corrected chi connectivity index (χ1v) is 23.0. The van der Waals surface area contributed by atoms with Crippen molar-refractivity contribution in [1.82, 2.24) is 9.80 Å². The van der Waals surface area contributed by atoms with Gasteiger partial charge < -0.3 is 0 Å². The van der Waals surface area contributed by atoms with E-state index < -0.39 is 22.0 Å². The normalized spacial score (nSPS) is 14.3. The van der Waals surface area contributed by atoms with Gasteiger partial charge in [0.25, 0.3) is 0 Å². The van der Waals surface area contributed by atoms with Crippen molar-refractivity contribution in [3.05, 3.63) is 29.3 Å². The zero-order chi connectivity index (χ0) is 29.9. The molecule has 0 heterocycles. The summed E-state index contributed by atoms with van der Waals surface area (Å²) < 4.78 is 16.3. The van der Waals surface area contributed by atoms with Crippen LogP contribution in [0.25, 0.3) is 0 Å². The second-order valence-corrected chi connectivity index (χ2v) is 28.4. The summed E-state index contributed by atoms with van der Waals surface area (Å²) in [5.74, 6) is 0. The number of rotatable bonds is 13. The molecule has 4 nitrogen and oxygen atoms in total. The van der Waals surface area contributed by atoms with Crippen LogP contribution in [0.15, 0.2) is 18.2 Å². The summed E-state index contributed by atoms with van der Waals surface area (Å²) in [6, 6.07) is 8.85. The fraction of sp³-hybridized carbons (Fsp3) is 0.812. The van der Waals surface area contributed by atoms with E-state index in [9.17, 15) is 0 Å². The summed E-state index contributed by atoms with van der Waals surface area (Å²) in [6.45, 7) is 41.1. The molecular weight excluding hydrogens is 545 g/mol. The summed E-state index contributed by atoms with van der Waals surface area (Å²) in [7, 11) is -1.58. The molecule has 1 rings (SSSR count). The molecule has 0 aliphatic carbocycles. The summed E-state index contributed by atoms with van der Waals surface area (Å²) in [4.78, 5) is 6.31. The number of hydrogen-bond donors (Lipinski definition) is 0. The van der Waals surface area contributed by atoms with E-state index in [0.29, 0.717) is 24.2 Å². The molecular formula is C32H64GeN2O2Si. The quantitative estimate of drug-likeness (QED) is 0.211. The van der Waals surface area contributed by atoms with Gasteiger partial charge in [-0.3, -0.25) is 0 Å². The summed E-state index contributed by atoms with van der Waals surface area (Å²) in [5.41, 5.74) is 2.23. The number of benzene rings is 1. The van der Waals surface area contributed by atoms with Crippen molar-refractivity contribution in [2.45, 2.75) is 170 Å². The molecule has 0 N–H and O–H groups in total. The van der Waals surface area contributed by atoms with Gasteiger partial charge in [0.05, 0.1) is 0 Å². The van der Waals surface area contributed by atoms with Crippen LogP contribution in [0, 0.1) is 0 Å². The second-order valence-electron chi connectivity index (χ2n) is 15.6. The third kappa shape index (κ3) is 11.4. The first-order chi connectivity index (χ1) is 17.0. The van der Waals surface area contributed by atoms with E-state index in [1.807, 2.05) is 0 Å². The second kappa shape index (κ2) is 13.7. The van der Waals surface area contributed by atoms with Gasteiger partial charge in [-0.2, -0.15) is 0 Å². The van der Waals surface area contributed by atoms with Crippen LogP contribution in [0.4, 0.5) is 0 Å². The molecule has 0 bridgehead atoms. The van der Waals surface area contributed by atoms with E-state index in [1.165, 1.54) is 15.5 Å². The molecule has 0 fully saturated rings. The molecule has 1 aromatic rings. The molecule has 0 aliphatic heterocycles. The average molecular weight is 610 g/mol. The molecule has 1 aromatic carbocycles. The van der Waals surface area contributed by atoms with Crippen LogP contribution in [0.2, 0.25) is 24.5 Å². The standard InChI is InChI=1S/C32H64GeN2O2Si/c1-24(2)34(25(3)4)21-28-19-18-20-29(22-35(26(5)6)27(7)8)30(28)33(23-38(15,16)17,36-31(9,10)11)37-32(12,13)14/h18-20,24-27H,21-23H2,1-17H3. The average Bonchev–Trinajstić information content (AvgIpc) is 2.64. The van der Waals surface area contributed by atoms with E-state index in [4.69, 9.17) is 7.53 Å². The van der Waals surface area contributed by atoms with Gasteiger partial charge in [0, 0.05) is 0 Å². The Morgan fingerprint density at radius 2 is 0.974 bits per heavy atom. The summed E-state index contributed by atoms with van der Waals surface area (Å²) in [6.07, 6.45) is 0. The summed E-state index contributed by atoms with van der Waals surface area (Å²) in [5, 5.41) is 0. The Morgan fingerprint density at radius 1 is 0.658 bits per heavy atom. The van der Waals surface area contributed by atoms with E-state index in [0.717, 1.165) is 18.0 Å². The zero-order valence-corrected chi connectivity index (χ0v) is 31.5. The monoisotopic (exact) mass is 610 g/mol. The summed E-state index contributed by atoms with van der Waals surface area (Å²) >= 11 is -3.66. The molecule has 6 heteroatoms. The van der Waals surface area contributed by atoms with Crippen molar-refractivity contribution in [1.29, 1.82) is 0 Å². The fourth-order valence-electron chi connectivity index (χ4n) is 5.69. The van der Waals surface area contributed by atoms with Crippen molar-refractivity contribution in [2.75, 3.05) is 0 Å². The van der Waals surface area contributed by atoms with Gasteiger partial charge in [-0.15, -0.1) is 0 Å². The van der Waals surface area contributed by atoms with Crippen molar-refractivity contribution >= 4 is 26.4 Å². The number of hydrogen-bond acceptors (Lipinski definition) is 4. The molecule has 0 atom stereocenters. The van der Waals surface area contributed by atoms with Gasteiger partial charge >= 0.3 is 243 Å². The van der Waals surface area contributed by atoms with Crippen LogP contribution < -0.4 is 4.40 Å². The predicted molar refractivity (Wildman–Crippen MR) is 173 cm³/mol. The van der Waals surface area contributed by atoms with Crippen molar-refractivity contribution in [2.24, 2.45) is 0 Å². The minimum absolute atomic E-state index is 0.291. The molecule has 222 valence electrons. The van der Waals surface area contributed by atoms with Crippen LogP contribution in [0.5, 0.6) is 0 Å². The molecule has 0 aliphatic rings. The zero-order valence-electron chi connectivity index (χ0n) is 28.4. The molecule has 0 amide bonds. The molecule has 38 heavy (non-hydrogen) atoms. The molecule has 0 spiro atoms. The first kappa shape index (κ1) is 35.8. The van der Waals surface area contributed by atoms with E-state index >= 15 is 0 Å². The van der Waals surface area contributed by atoms with Crippen LogP contribution in [-0.4, -0.2) is 67.2 Å². The van der Waals surface area contributed by atoms with Gasteiger partial charge in [0.15, 0.2) is 0 Å². The van der Waals surface area contributed by atoms with Gasteiger partial charge in [-0.1, -0.05) is 0 Å². The van der Waals surface area contributed by atoms with E-state index in [2.05, 4.69) is 145 Å². The van der Waals surface area contributed by atoms with Gasteiger partial charge in [0.2, 0.25) is 0 Å². The SMILES string of the molecule is CC(C)N(Cc1cccc(CN(C(C)C)C(C)C)[c]1[Ge]([CH2][Si](C)(C)C)([O]C(C)(C)C)[O]C(C)(C)C)C(C)C. The van der Waals surface area contributed by atoms with E-state index in [-0.39, 0.29) is 11.2 Å². The van der Waals surface area contributed by atoms with E-state index in [1.54, 1.807) is 0 Å². The Balaban J connectivity index is 4.17. The Kier molecular flexibility index (Phi) is 12.9. The Labute approximate surface area is 242 Å². The van der Waals surface area contributed by atoms with Crippen LogP contribution >= 0.6 is 0 Å². The Bertz CT molecular complexity index is 767. The first-order valence-electron chi connectivity index (χ1n) is 15.0. The van der Waals surface area contributed by atoms with Crippen molar-refractivity contribution < 1.29 is 7.53 Å². The predicted octanol–water partition coefficient (Wildman–Crippen LogP) is 8.08. The topological polar surface area (TPSA) is 24.9 Å². The van der Waals surface area contributed by atoms with Crippen LogP contribution in [-0.2, 0) is 20.6 Å². The van der Waals surface area contributed by atoms with Crippen molar-refractivity contribution in [3.63, 3.8) is 0 Å². The molecule has 0 unspecified atom stereocenters. The van der Waals surface area contributed by atoms with Crippen molar-refractivity contribution in [3.8, 4) is 0 Å². The Hall–Kier alpha value is -0.180. The maximum atomic E-state index is 7.41. The van der Waals surface area contributed by atoms with Crippen LogP contribution in [0.1, 0.15) is 108 Å². The molecule has 0 saturated heterocycles. The number of nitrogens with zero attached hydrogens (tertiary/aromatic N) is 2. The molecule has 0 aromatic heterocycles. The minimum atomic E-state index is -3.66. The molecule has 0 saturated carbocycles. The molecule has 0 radical (unpaired) electrons.